The van der Waals surface area contributed by atoms with Crippen molar-refractivity contribution in [1.29, 1.82) is 0 Å². The van der Waals surface area contributed by atoms with Crippen LogP contribution in [0.15, 0.2) is 121 Å². The SMILES string of the molecule is CC(C)(OS(C)(C)C(C)(C)CCCc1ccccc1OC(=O)c1ccc(C(=O)Oc2ccccc2CCCS(C)(C)C(C)(C)OS(C)(C)C(C)(C)CCCc2ccccc2O)cc1)S(C)(C)CCCc1ccccc1O. The van der Waals surface area contributed by atoms with Crippen molar-refractivity contribution in [1.82, 2.24) is 0 Å². The Kier molecular flexibility index (Phi) is 21.3. The fraction of sp³-hybridized carbons (Fsp3) is 0.500. The van der Waals surface area contributed by atoms with Crippen LogP contribution in [0.1, 0.15) is 137 Å². The van der Waals surface area contributed by atoms with Crippen LogP contribution in [0.5, 0.6) is 23.0 Å². The summed E-state index contributed by atoms with van der Waals surface area (Å²) in [7, 11) is -5.35. The summed E-state index contributed by atoms with van der Waals surface area (Å²) in [5, 5.41) is 20.6. The summed E-state index contributed by atoms with van der Waals surface area (Å²) in [4.78, 5) is 26.5. The van der Waals surface area contributed by atoms with E-state index in [1.807, 2.05) is 84.9 Å². The molecule has 5 aromatic rings. The lowest BCUT2D eigenvalue weighted by Gasteiger charge is -2.56. The van der Waals surface area contributed by atoms with Gasteiger partial charge >= 0.3 is 11.9 Å². The van der Waals surface area contributed by atoms with Crippen LogP contribution in [0, 0.1) is 0 Å². The van der Waals surface area contributed by atoms with Gasteiger partial charge in [-0.3, -0.25) is 0 Å². The molecule has 0 heterocycles. The molecule has 0 bridgehead atoms. The molecule has 12 heteroatoms. The van der Waals surface area contributed by atoms with Crippen molar-refractivity contribution < 1.29 is 37.6 Å². The molecule has 0 saturated heterocycles. The number of aryl methyl sites for hydroxylation is 4. The summed E-state index contributed by atoms with van der Waals surface area (Å²) >= 11 is 0. The number of hydrogen-bond donors (Lipinski definition) is 2. The van der Waals surface area contributed by atoms with E-state index in [1.165, 1.54) is 0 Å². The van der Waals surface area contributed by atoms with Gasteiger partial charge in [0.15, 0.2) is 0 Å². The smallest absolute Gasteiger partial charge is 0.343 e. The minimum Gasteiger partial charge on any atom is -0.508 e. The van der Waals surface area contributed by atoms with Crippen LogP contribution in [-0.2, 0) is 34.0 Å². The predicted molar refractivity (Wildman–Crippen MR) is 334 cm³/mol. The monoisotopic (exact) mass is 1120 g/mol. The highest BCUT2D eigenvalue weighted by Crippen LogP contribution is 2.67. The quantitative estimate of drug-likeness (QED) is 0.0376. The van der Waals surface area contributed by atoms with Gasteiger partial charge in [-0.25, -0.2) is 29.6 Å². The maximum Gasteiger partial charge on any atom is 0.343 e. The molecular weight excluding hydrogens is 1020 g/mol. The van der Waals surface area contributed by atoms with Gasteiger partial charge in [0.1, 0.15) is 32.9 Å². The zero-order valence-electron chi connectivity index (χ0n) is 49.0. The molecule has 0 aromatic heterocycles. The third kappa shape index (κ3) is 16.5. The number of ether oxygens (including phenoxy) is 2. The highest BCUT2D eigenvalue weighted by Gasteiger charge is 2.44. The Balaban J connectivity index is 1.11. The molecule has 2 N–H and O–H groups in total. The lowest BCUT2D eigenvalue weighted by atomic mass is 10.0. The van der Waals surface area contributed by atoms with Gasteiger partial charge < -0.3 is 28.1 Å². The molecule has 5 rings (SSSR count). The first-order valence-corrected chi connectivity index (χ1v) is 36.8. The van der Waals surface area contributed by atoms with E-state index < -0.39 is 52.6 Å². The van der Waals surface area contributed by atoms with Gasteiger partial charge in [-0.05, 0) is 224 Å². The Morgan fingerprint density at radius 3 is 1.05 bits per heavy atom. The van der Waals surface area contributed by atoms with Crippen LogP contribution in [0.2, 0.25) is 0 Å². The number of rotatable bonds is 28. The minimum absolute atomic E-state index is 0.0209. The van der Waals surface area contributed by atoms with Gasteiger partial charge in [-0.2, -0.15) is 0 Å². The Hall–Kier alpha value is -4.04. The topological polar surface area (TPSA) is 112 Å². The van der Waals surface area contributed by atoms with E-state index in [9.17, 15) is 19.8 Å². The Morgan fingerprint density at radius 2 is 0.697 bits per heavy atom. The molecule has 422 valence electrons. The van der Waals surface area contributed by atoms with Crippen LogP contribution in [0.3, 0.4) is 0 Å². The van der Waals surface area contributed by atoms with Crippen molar-refractivity contribution in [3.63, 3.8) is 0 Å². The molecule has 0 unspecified atom stereocenters. The van der Waals surface area contributed by atoms with Crippen LogP contribution >= 0.6 is 40.7 Å². The Labute approximate surface area is 465 Å². The molecule has 0 amide bonds. The average molecular weight is 1120 g/mol. The average Bonchev–Trinajstić information content (AvgIpc) is 3.33. The van der Waals surface area contributed by atoms with Gasteiger partial charge in [0.2, 0.25) is 0 Å². The number of carbonyl (C=O) groups excluding carboxylic acids is 2. The summed E-state index contributed by atoms with van der Waals surface area (Å²) < 4.78 is 26.3. The third-order valence-corrected chi connectivity index (χ3v) is 32.2. The van der Waals surface area contributed by atoms with Gasteiger partial charge in [0.05, 0.1) is 11.1 Å². The molecule has 5 aromatic carbocycles. The van der Waals surface area contributed by atoms with E-state index in [0.29, 0.717) is 34.1 Å². The summed E-state index contributed by atoms with van der Waals surface area (Å²) in [6, 6.07) is 37.2. The van der Waals surface area contributed by atoms with Gasteiger partial charge in [0, 0.05) is 9.49 Å². The molecule has 0 aliphatic heterocycles. The van der Waals surface area contributed by atoms with Crippen molar-refractivity contribution in [3.8, 4) is 23.0 Å². The molecule has 0 aliphatic carbocycles. The van der Waals surface area contributed by atoms with Gasteiger partial charge in [-0.15, -0.1) is 20.6 Å². The number of esters is 2. The van der Waals surface area contributed by atoms with Crippen molar-refractivity contribution in [2.45, 2.75) is 139 Å². The van der Waals surface area contributed by atoms with Crippen molar-refractivity contribution in [2.75, 3.05) is 61.6 Å². The standard InChI is InChI=1S/C64H94O8S4/c1-61(2,45-25-33-49-29-17-21-37-55(49)65)75(13,14)72-64(7,8)74(11,12)48-28-36-52-32-20-24-40-58(52)70-60(68)54-43-41-53(42-44-54)59(67)69-57-39-23-19-31-51(57)34-26-46-62(3,4)76(15,16)71-63(5,6)73(9,10)47-27-35-50-30-18-22-38-56(50)66/h17-24,29-32,37-44,65-66H,25-28,33-36,45-48H2,1-16H3. The van der Waals surface area contributed by atoms with E-state index >= 15 is 0 Å². The minimum atomic E-state index is -1.51. The van der Waals surface area contributed by atoms with E-state index in [4.69, 9.17) is 17.8 Å². The second-order valence-electron chi connectivity index (χ2n) is 24.2. The molecule has 0 fully saturated rings. The number of para-hydroxylation sites is 4. The number of hydrogen-bond acceptors (Lipinski definition) is 8. The number of phenols is 2. The second kappa shape index (κ2) is 25.8. The first-order valence-electron chi connectivity index (χ1n) is 26.8. The highest BCUT2D eigenvalue weighted by molar-refractivity contribution is 8.35. The fourth-order valence-electron chi connectivity index (χ4n) is 9.18. The number of carbonyl (C=O) groups is 2. The number of phenolic OH excluding ortho intramolecular Hbond substituents is 2. The predicted octanol–water partition coefficient (Wildman–Crippen LogP) is 16.6. The molecule has 0 atom stereocenters. The van der Waals surface area contributed by atoms with E-state index in [-0.39, 0.29) is 19.4 Å². The molecule has 0 aliphatic rings. The van der Waals surface area contributed by atoms with Crippen LogP contribution in [0.25, 0.3) is 0 Å². The van der Waals surface area contributed by atoms with Crippen molar-refractivity contribution in [3.05, 3.63) is 155 Å². The molecule has 0 radical (unpaired) electrons. The third-order valence-electron chi connectivity index (χ3n) is 16.5. The summed E-state index contributed by atoms with van der Waals surface area (Å²) in [6.07, 6.45) is 27.6. The molecule has 0 saturated carbocycles. The largest absolute Gasteiger partial charge is 0.508 e. The van der Waals surface area contributed by atoms with Crippen molar-refractivity contribution >= 4 is 52.6 Å². The van der Waals surface area contributed by atoms with Gasteiger partial charge in [0.25, 0.3) is 0 Å². The lowest BCUT2D eigenvalue weighted by Crippen LogP contribution is -2.39. The maximum absolute atomic E-state index is 13.6. The number of aromatic hydroxyl groups is 2. The first-order chi connectivity index (χ1) is 35.3. The van der Waals surface area contributed by atoms with E-state index in [0.717, 1.165) is 98.0 Å². The van der Waals surface area contributed by atoms with Crippen molar-refractivity contribution in [2.24, 2.45) is 0 Å². The van der Waals surface area contributed by atoms with Crippen LogP contribution < -0.4 is 9.47 Å². The summed E-state index contributed by atoms with van der Waals surface area (Å²) in [5.41, 5.74) is 4.62. The van der Waals surface area contributed by atoms with Crippen LogP contribution in [-0.4, -0.2) is 103 Å². The van der Waals surface area contributed by atoms with E-state index in [2.05, 4.69) is 105 Å². The second-order valence-corrected chi connectivity index (χ2v) is 40.6. The first kappa shape index (κ1) is 62.8. The zero-order valence-corrected chi connectivity index (χ0v) is 52.3. The fourth-order valence-corrected chi connectivity index (χ4v) is 18.1. The molecule has 0 spiro atoms. The molecule has 76 heavy (non-hydrogen) atoms. The summed E-state index contributed by atoms with van der Waals surface area (Å²) in [5.74, 6) is 2.87. The maximum atomic E-state index is 13.6. The normalized spacial score (nSPS) is 14.0. The molecular formula is C64H94O8S4. The zero-order chi connectivity index (χ0) is 56.4. The van der Waals surface area contributed by atoms with Gasteiger partial charge in [-0.1, -0.05) is 100 Å². The lowest BCUT2D eigenvalue weighted by molar-refractivity contribution is 0.0719. The molecule has 8 nitrogen and oxygen atoms in total. The highest BCUT2D eigenvalue weighted by atomic mass is 32.3. The Bertz CT molecular complexity index is 2520. The van der Waals surface area contributed by atoms with E-state index in [1.54, 1.807) is 36.4 Å². The van der Waals surface area contributed by atoms with Crippen LogP contribution in [0.4, 0.5) is 0 Å². The summed E-state index contributed by atoms with van der Waals surface area (Å²) in [6.45, 7) is 18.3. The number of benzene rings is 5. The Morgan fingerprint density at radius 1 is 0.408 bits per heavy atom.